The van der Waals surface area contributed by atoms with E-state index in [4.69, 9.17) is 11.6 Å². The van der Waals surface area contributed by atoms with Gasteiger partial charge in [0.05, 0.1) is 29.2 Å². The minimum Gasteiger partial charge on any atom is -0.468 e. The first-order valence-electron chi connectivity index (χ1n) is 5.70. The van der Waals surface area contributed by atoms with Crippen molar-refractivity contribution >= 4 is 23.3 Å². The SMILES string of the molecule is CCN(CC(=O)OC)Cc1c(Cl)cccc1[N+](=O)[O-]. The highest BCUT2D eigenvalue weighted by Gasteiger charge is 2.20. The standard InChI is InChI=1S/C12H15ClN2O4/c1-3-14(8-12(16)19-2)7-9-10(13)5-4-6-11(9)15(17)18/h4-6H,3,7-8H2,1-2H3. The number of carbonyl (C=O) groups is 1. The van der Waals surface area contributed by atoms with E-state index in [1.165, 1.54) is 19.2 Å². The van der Waals surface area contributed by atoms with E-state index in [9.17, 15) is 14.9 Å². The van der Waals surface area contributed by atoms with Crippen molar-refractivity contribution in [1.29, 1.82) is 0 Å². The van der Waals surface area contributed by atoms with Crippen LogP contribution in [0.1, 0.15) is 12.5 Å². The monoisotopic (exact) mass is 286 g/mol. The largest absolute Gasteiger partial charge is 0.468 e. The van der Waals surface area contributed by atoms with Crippen LogP contribution in [0.2, 0.25) is 5.02 Å². The molecule has 0 bridgehead atoms. The molecule has 1 aromatic carbocycles. The molecule has 0 radical (unpaired) electrons. The Morgan fingerprint density at radius 1 is 1.53 bits per heavy atom. The lowest BCUT2D eigenvalue weighted by Crippen LogP contribution is -2.30. The summed E-state index contributed by atoms with van der Waals surface area (Å²) in [6.07, 6.45) is 0. The fourth-order valence-corrected chi connectivity index (χ4v) is 1.85. The Labute approximate surface area is 116 Å². The molecular formula is C12H15ClN2O4. The zero-order valence-electron chi connectivity index (χ0n) is 10.8. The van der Waals surface area contributed by atoms with Gasteiger partial charge in [0.15, 0.2) is 0 Å². The predicted molar refractivity (Wildman–Crippen MR) is 71.1 cm³/mol. The summed E-state index contributed by atoms with van der Waals surface area (Å²) >= 11 is 6.00. The Bertz CT molecular complexity index is 479. The van der Waals surface area contributed by atoms with Gasteiger partial charge in [-0.3, -0.25) is 19.8 Å². The molecule has 0 aromatic heterocycles. The maximum Gasteiger partial charge on any atom is 0.319 e. The van der Waals surface area contributed by atoms with E-state index in [-0.39, 0.29) is 18.8 Å². The minimum absolute atomic E-state index is 0.0455. The van der Waals surface area contributed by atoms with Gasteiger partial charge >= 0.3 is 5.97 Å². The normalized spacial score (nSPS) is 10.5. The molecule has 6 nitrogen and oxygen atoms in total. The third-order valence-electron chi connectivity index (χ3n) is 2.70. The fraction of sp³-hybridized carbons (Fsp3) is 0.417. The zero-order valence-corrected chi connectivity index (χ0v) is 11.5. The van der Waals surface area contributed by atoms with Crippen molar-refractivity contribution in [2.24, 2.45) is 0 Å². The Hall–Kier alpha value is -1.66. The molecule has 0 atom stereocenters. The second-order valence-corrected chi connectivity index (χ2v) is 4.28. The second-order valence-electron chi connectivity index (χ2n) is 3.87. The molecule has 0 amide bonds. The average Bonchev–Trinajstić information content (AvgIpc) is 2.39. The van der Waals surface area contributed by atoms with Crippen LogP contribution in [0.15, 0.2) is 18.2 Å². The highest BCUT2D eigenvalue weighted by molar-refractivity contribution is 6.31. The highest BCUT2D eigenvalue weighted by Crippen LogP contribution is 2.27. The van der Waals surface area contributed by atoms with E-state index in [0.717, 1.165) is 0 Å². The number of nitrogens with zero attached hydrogens (tertiary/aromatic N) is 2. The molecular weight excluding hydrogens is 272 g/mol. The summed E-state index contributed by atoms with van der Waals surface area (Å²) < 4.78 is 4.58. The quantitative estimate of drug-likeness (QED) is 0.455. The third-order valence-corrected chi connectivity index (χ3v) is 3.05. The van der Waals surface area contributed by atoms with Crippen molar-refractivity contribution in [3.63, 3.8) is 0 Å². The molecule has 0 saturated carbocycles. The lowest BCUT2D eigenvalue weighted by atomic mass is 10.1. The van der Waals surface area contributed by atoms with Crippen LogP contribution in [0.3, 0.4) is 0 Å². The lowest BCUT2D eigenvalue weighted by Gasteiger charge is -2.19. The Kier molecular flexibility index (Phi) is 5.72. The molecule has 1 rings (SSSR count). The number of likely N-dealkylation sites (N-methyl/N-ethyl adjacent to an activating group) is 1. The Morgan fingerprint density at radius 2 is 2.21 bits per heavy atom. The van der Waals surface area contributed by atoms with E-state index in [1.54, 1.807) is 11.0 Å². The van der Waals surface area contributed by atoms with Gasteiger partial charge in [0.2, 0.25) is 0 Å². The molecule has 0 aliphatic heterocycles. The molecule has 0 unspecified atom stereocenters. The van der Waals surface area contributed by atoms with E-state index in [2.05, 4.69) is 4.74 Å². The summed E-state index contributed by atoms with van der Waals surface area (Å²) in [5, 5.41) is 11.3. The summed E-state index contributed by atoms with van der Waals surface area (Å²) in [4.78, 5) is 23.4. The van der Waals surface area contributed by atoms with Crippen LogP contribution in [-0.2, 0) is 16.1 Å². The van der Waals surface area contributed by atoms with Crippen molar-refractivity contribution in [3.8, 4) is 0 Å². The van der Waals surface area contributed by atoms with E-state index >= 15 is 0 Å². The van der Waals surface area contributed by atoms with Crippen molar-refractivity contribution in [3.05, 3.63) is 38.9 Å². The van der Waals surface area contributed by atoms with Gasteiger partial charge < -0.3 is 4.74 Å². The number of hydrogen-bond donors (Lipinski definition) is 0. The van der Waals surface area contributed by atoms with Crippen LogP contribution in [0, 0.1) is 10.1 Å². The van der Waals surface area contributed by atoms with Gasteiger partial charge in [-0.05, 0) is 12.6 Å². The number of halogens is 1. The summed E-state index contributed by atoms with van der Waals surface area (Å²) in [6, 6.07) is 4.52. The smallest absolute Gasteiger partial charge is 0.319 e. The molecule has 0 fully saturated rings. The van der Waals surface area contributed by atoms with Crippen LogP contribution < -0.4 is 0 Å². The Morgan fingerprint density at radius 3 is 2.74 bits per heavy atom. The highest BCUT2D eigenvalue weighted by atomic mass is 35.5. The molecule has 0 aliphatic carbocycles. The number of methoxy groups -OCH3 is 1. The number of rotatable bonds is 6. The summed E-state index contributed by atoms with van der Waals surface area (Å²) in [6.45, 7) is 2.69. The maximum atomic E-state index is 11.2. The topological polar surface area (TPSA) is 72.7 Å². The van der Waals surface area contributed by atoms with E-state index < -0.39 is 10.9 Å². The number of esters is 1. The van der Waals surface area contributed by atoms with Gasteiger partial charge in [0.25, 0.3) is 5.69 Å². The van der Waals surface area contributed by atoms with Crippen LogP contribution in [0.25, 0.3) is 0 Å². The van der Waals surface area contributed by atoms with Gasteiger partial charge in [0.1, 0.15) is 0 Å². The molecule has 0 spiro atoms. The minimum atomic E-state index is -0.479. The average molecular weight is 287 g/mol. The second kappa shape index (κ2) is 7.06. The maximum absolute atomic E-state index is 11.2. The van der Waals surface area contributed by atoms with Gasteiger partial charge in [-0.25, -0.2) is 0 Å². The summed E-state index contributed by atoms with van der Waals surface area (Å²) in [7, 11) is 1.30. The zero-order chi connectivity index (χ0) is 14.4. The van der Waals surface area contributed by atoms with Crippen molar-refractivity contribution in [2.75, 3.05) is 20.2 Å². The first-order chi connectivity index (χ1) is 8.99. The molecule has 0 heterocycles. The summed E-state index contributed by atoms with van der Waals surface area (Å²) in [5.41, 5.74) is 0.357. The molecule has 0 saturated heterocycles. The third kappa shape index (κ3) is 4.18. The number of benzene rings is 1. The Balaban J connectivity index is 2.96. The summed E-state index contributed by atoms with van der Waals surface area (Å²) in [5.74, 6) is -0.392. The van der Waals surface area contributed by atoms with Crippen molar-refractivity contribution in [1.82, 2.24) is 4.90 Å². The number of hydrogen-bond acceptors (Lipinski definition) is 5. The van der Waals surface area contributed by atoms with Gasteiger partial charge in [-0.15, -0.1) is 0 Å². The lowest BCUT2D eigenvalue weighted by molar-refractivity contribution is -0.385. The van der Waals surface area contributed by atoms with Crippen LogP contribution in [0.5, 0.6) is 0 Å². The number of nitro benzene ring substituents is 1. The number of ether oxygens (including phenoxy) is 1. The van der Waals surface area contributed by atoms with E-state index in [1.807, 2.05) is 6.92 Å². The first kappa shape index (κ1) is 15.4. The number of nitro groups is 1. The van der Waals surface area contributed by atoms with Crippen LogP contribution >= 0.6 is 11.6 Å². The first-order valence-corrected chi connectivity index (χ1v) is 6.08. The fourth-order valence-electron chi connectivity index (χ4n) is 1.63. The van der Waals surface area contributed by atoms with E-state index in [0.29, 0.717) is 17.1 Å². The van der Waals surface area contributed by atoms with Crippen molar-refractivity contribution in [2.45, 2.75) is 13.5 Å². The van der Waals surface area contributed by atoms with Crippen LogP contribution in [0.4, 0.5) is 5.69 Å². The van der Waals surface area contributed by atoms with Gasteiger partial charge in [0, 0.05) is 12.6 Å². The van der Waals surface area contributed by atoms with Crippen LogP contribution in [-0.4, -0.2) is 36.0 Å². The predicted octanol–water partition coefficient (Wildman–Crippen LogP) is 2.24. The molecule has 1 aromatic rings. The van der Waals surface area contributed by atoms with Crippen molar-refractivity contribution < 1.29 is 14.5 Å². The molecule has 0 N–H and O–H groups in total. The number of carbonyl (C=O) groups excluding carboxylic acids is 1. The molecule has 7 heteroatoms. The molecule has 104 valence electrons. The van der Waals surface area contributed by atoms with Gasteiger partial charge in [-0.2, -0.15) is 0 Å². The van der Waals surface area contributed by atoms with Gasteiger partial charge in [-0.1, -0.05) is 24.6 Å². The molecule has 19 heavy (non-hydrogen) atoms. The molecule has 0 aliphatic rings.